The van der Waals surface area contributed by atoms with Crippen molar-refractivity contribution in [1.29, 1.82) is 0 Å². The van der Waals surface area contributed by atoms with Crippen LogP contribution < -0.4 is 9.47 Å². The van der Waals surface area contributed by atoms with E-state index in [0.717, 1.165) is 30.6 Å². The van der Waals surface area contributed by atoms with Gasteiger partial charge in [-0.1, -0.05) is 0 Å². The summed E-state index contributed by atoms with van der Waals surface area (Å²) in [5, 5.41) is 0. The highest BCUT2D eigenvalue weighted by molar-refractivity contribution is 6.81. The Hall–Kier alpha value is -0.512. The van der Waals surface area contributed by atoms with Gasteiger partial charge in [-0.3, -0.25) is 0 Å². The summed E-state index contributed by atoms with van der Waals surface area (Å²) in [5.41, 5.74) is 0. The Labute approximate surface area is 167 Å². The Morgan fingerprint density at radius 3 is 2.07 bits per heavy atom. The van der Waals surface area contributed by atoms with E-state index in [-0.39, 0.29) is 6.10 Å². The maximum atomic E-state index is 6.28. The maximum Gasteiger partial charge on any atom is 0.317 e. The summed E-state index contributed by atoms with van der Waals surface area (Å²) < 4.78 is 41.1. The fourth-order valence-corrected chi connectivity index (χ4v) is 17.7. The molecule has 3 unspecified atom stereocenters. The lowest BCUT2D eigenvalue weighted by molar-refractivity contribution is 0.261. The summed E-state index contributed by atoms with van der Waals surface area (Å²) in [5.74, 6) is 1.68. The molecular weight excluding hydrogens is 417 g/mol. The topological polar surface area (TPSA) is 67.9 Å². The first-order valence-corrected chi connectivity index (χ1v) is 18.4. The van der Waals surface area contributed by atoms with Gasteiger partial charge in [0.05, 0.1) is 13.2 Å². The first-order chi connectivity index (χ1) is 12.9. The molecular formula is C16H30O7Si4. The predicted molar refractivity (Wildman–Crippen MR) is 112 cm³/mol. The highest BCUT2D eigenvalue weighted by Crippen LogP contribution is 2.23. The summed E-state index contributed by atoms with van der Waals surface area (Å²) in [4.78, 5) is 0. The van der Waals surface area contributed by atoms with E-state index in [9.17, 15) is 0 Å². The van der Waals surface area contributed by atoms with Crippen molar-refractivity contribution in [3.63, 3.8) is 0 Å². The van der Waals surface area contributed by atoms with Gasteiger partial charge in [0, 0.05) is 0 Å². The molecule has 2 aliphatic heterocycles. The molecule has 0 bridgehead atoms. The lowest BCUT2D eigenvalue weighted by atomic mass is 10.3. The second kappa shape index (κ2) is 9.80. The third-order valence-electron chi connectivity index (χ3n) is 4.30. The molecule has 2 aliphatic rings. The van der Waals surface area contributed by atoms with Gasteiger partial charge in [0.15, 0.2) is 0 Å². The molecule has 2 fully saturated rings. The van der Waals surface area contributed by atoms with Gasteiger partial charge in [0.1, 0.15) is 24.2 Å². The second-order valence-corrected chi connectivity index (χ2v) is 17.3. The van der Waals surface area contributed by atoms with Crippen molar-refractivity contribution in [3.8, 4) is 11.5 Å². The van der Waals surface area contributed by atoms with Crippen molar-refractivity contribution in [2.45, 2.75) is 44.8 Å². The number of hydrogen-bond donors (Lipinski definition) is 0. The van der Waals surface area contributed by atoms with E-state index < -0.39 is 36.4 Å². The molecule has 0 spiro atoms. The van der Waals surface area contributed by atoms with Gasteiger partial charge in [0.25, 0.3) is 27.9 Å². The molecule has 27 heavy (non-hydrogen) atoms. The maximum absolute atomic E-state index is 6.28. The quantitative estimate of drug-likeness (QED) is 0.343. The molecule has 3 rings (SSSR count). The molecule has 3 atom stereocenters. The third kappa shape index (κ3) is 7.43. The fourth-order valence-electron chi connectivity index (χ4n) is 3.04. The summed E-state index contributed by atoms with van der Waals surface area (Å²) in [6, 6.07) is 8.60. The van der Waals surface area contributed by atoms with Gasteiger partial charge in [-0.2, -0.15) is 0 Å². The number of epoxide rings is 1. The Morgan fingerprint density at radius 1 is 0.963 bits per heavy atom. The Bertz CT molecular complexity index is 573. The van der Waals surface area contributed by atoms with Crippen molar-refractivity contribution in [1.82, 2.24) is 0 Å². The lowest BCUT2D eigenvalue weighted by Gasteiger charge is -2.37. The third-order valence-corrected chi connectivity index (χ3v) is 18.3. The number of hydrogen-bond acceptors (Lipinski definition) is 7. The largest absolute Gasteiger partial charge is 0.494 e. The number of ether oxygens (including phenoxy) is 3. The molecule has 152 valence electrons. The van der Waals surface area contributed by atoms with Crippen LogP contribution in [0.5, 0.6) is 11.5 Å². The summed E-state index contributed by atoms with van der Waals surface area (Å²) in [7, 11) is -7.18. The van der Waals surface area contributed by atoms with E-state index in [2.05, 4.69) is 19.6 Å². The Balaban J connectivity index is 1.40. The van der Waals surface area contributed by atoms with Gasteiger partial charge >= 0.3 is 8.56 Å². The minimum absolute atomic E-state index is 0.266. The minimum atomic E-state index is -2.25. The van der Waals surface area contributed by atoms with Crippen LogP contribution in [0.4, 0.5) is 0 Å². The molecule has 0 radical (unpaired) electrons. The first kappa shape index (κ1) is 21.2. The smallest absolute Gasteiger partial charge is 0.317 e. The van der Waals surface area contributed by atoms with Crippen LogP contribution in [-0.4, -0.2) is 62.3 Å². The average Bonchev–Trinajstić information content (AvgIpc) is 3.40. The number of benzene rings is 1. The zero-order valence-corrected chi connectivity index (χ0v) is 21.0. The van der Waals surface area contributed by atoms with Gasteiger partial charge < -0.3 is 30.7 Å². The lowest BCUT2D eigenvalue weighted by Crippen LogP contribution is -2.53. The van der Waals surface area contributed by atoms with Crippen LogP contribution in [0.1, 0.15) is 6.42 Å². The van der Waals surface area contributed by atoms with Crippen LogP contribution in [0, 0.1) is 0 Å². The standard InChI is InChI=1S/C16H30O7Si4/c1-24-20-25(2)22-27(4,23-26(3)21-24)11-5-10-17-14-6-8-15(9-7-14)18-12-16-13-19-16/h6-9,16,24-26H,5,10-13H2,1-4H3. The molecule has 11 heteroatoms. The predicted octanol–water partition coefficient (Wildman–Crippen LogP) is 1.94. The van der Waals surface area contributed by atoms with E-state index in [1.54, 1.807) is 0 Å². The van der Waals surface area contributed by atoms with Crippen molar-refractivity contribution in [2.75, 3.05) is 19.8 Å². The normalized spacial score (nSPS) is 33.8. The minimum Gasteiger partial charge on any atom is -0.494 e. The van der Waals surface area contributed by atoms with Crippen LogP contribution in [-0.2, 0) is 21.2 Å². The second-order valence-electron chi connectivity index (χ2n) is 7.03. The Kier molecular flexibility index (Phi) is 7.70. The molecule has 0 aromatic heterocycles. The van der Waals surface area contributed by atoms with Gasteiger partial charge in [-0.15, -0.1) is 0 Å². The van der Waals surface area contributed by atoms with Gasteiger partial charge in [-0.25, -0.2) is 0 Å². The Morgan fingerprint density at radius 2 is 1.52 bits per heavy atom. The van der Waals surface area contributed by atoms with Crippen LogP contribution in [0.2, 0.25) is 32.2 Å². The monoisotopic (exact) mass is 446 g/mol. The van der Waals surface area contributed by atoms with E-state index in [4.69, 9.17) is 30.7 Å². The van der Waals surface area contributed by atoms with Crippen molar-refractivity contribution >= 4 is 36.4 Å². The fraction of sp³-hybridized carbons (Fsp3) is 0.625. The molecule has 1 aromatic carbocycles. The summed E-state index contributed by atoms with van der Waals surface area (Å²) in [6.07, 6.45) is 1.15. The molecule has 1 aromatic rings. The van der Waals surface area contributed by atoms with Gasteiger partial charge in [-0.05, 0) is 62.9 Å². The highest BCUT2D eigenvalue weighted by atomic mass is 28.5. The molecule has 0 saturated carbocycles. The van der Waals surface area contributed by atoms with Crippen molar-refractivity contribution in [3.05, 3.63) is 24.3 Å². The van der Waals surface area contributed by atoms with Gasteiger partial charge in [0.2, 0.25) is 0 Å². The van der Waals surface area contributed by atoms with Crippen LogP contribution in [0.3, 0.4) is 0 Å². The zero-order chi connectivity index (χ0) is 19.3. The highest BCUT2D eigenvalue weighted by Gasteiger charge is 2.39. The zero-order valence-electron chi connectivity index (χ0n) is 16.5. The average molecular weight is 447 g/mol. The molecule has 0 N–H and O–H groups in total. The van der Waals surface area contributed by atoms with Crippen molar-refractivity contribution in [2.24, 2.45) is 0 Å². The molecule has 2 saturated heterocycles. The van der Waals surface area contributed by atoms with Crippen LogP contribution in [0.15, 0.2) is 24.3 Å². The van der Waals surface area contributed by atoms with Crippen molar-refractivity contribution < 1.29 is 30.7 Å². The summed E-state index contributed by atoms with van der Waals surface area (Å²) >= 11 is 0. The van der Waals surface area contributed by atoms with Crippen LogP contribution in [0.25, 0.3) is 0 Å². The molecule has 0 amide bonds. The molecule has 2 heterocycles. The SMILES string of the molecule is C[SiH]1O[SiH](C)O[Si](C)(CCCOc2ccc(OCC3CO3)cc2)O[SiH](C)O1. The molecule has 0 aliphatic carbocycles. The first-order valence-electron chi connectivity index (χ1n) is 9.56. The summed E-state index contributed by atoms with van der Waals surface area (Å²) in [6.45, 7) is 10.3. The van der Waals surface area contributed by atoms with E-state index in [0.29, 0.717) is 13.2 Å². The van der Waals surface area contributed by atoms with E-state index in [1.165, 1.54) is 0 Å². The van der Waals surface area contributed by atoms with E-state index >= 15 is 0 Å². The number of rotatable bonds is 8. The molecule has 7 nitrogen and oxygen atoms in total. The van der Waals surface area contributed by atoms with E-state index in [1.807, 2.05) is 30.8 Å². The van der Waals surface area contributed by atoms with Crippen LogP contribution >= 0.6 is 0 Å².